The Labute approximate surface area is 213 Å². The van der Waals surface area contributed by atoms with E-state index in [4.69, 9.17) is 23.0 Å². The minimum atomic E-state index is -0.675. The van der Waals surface area contributed by atoms with E-state index in [1.165, 1.54) is 39.7 Å². The van der Waals surface area contributed by atoms with Crippen LogP contribution in [0, 0.1) is 0 Å². The van der Waals surface area contributed by atoms with Crippen molar-refractivity contribution in [1.29, 1.82) is 0 Å². The number of rotatable bonds is 7. The molecule has 0 atom stereocenters. The first-order valence-corrected chi connectivity index (χ1v) is 11.7. The van der Waals surface area contributed by atoms with Gasteiger partial charge in [0.1, 0.15) is 22.6 Å². The van der Waals surface area contributed by atoms with Gasteiger partial charge in [-0.25, -0.2) is 0 Å². The fourth-order valence-corrected chi connectivity index (χ4v) is 4.85. The lowest BCUT2D eigenvalue weighted by atomic mass is 10.1. The summed E-state index contributed by atoms with van der Waals surface area (Å²) in [7, 11) is 4.33. The Morgan fingerprint density at radius 2 is 1.70 bits per heavy atom. The van der Waals surface area contributed by atoms with Crippen LogP contribution in [0.1, 0.15) is 16.1 Å². The molecule has 0 aliphatic carbocycles. The van der Waals surface area contributed by atoms with Gasteiger partial charge in [-0.1, -0.05) is 0 Å². The molecule has 2 amide bonds. The minimum Gasteiger partial charge on any atom is -0.497 e. The second kappa shape index (κ2) is 9.51. The number of hydrogen-bond acceptors (Lipinski definition) is 10. The number of ketones is 1. The Hall–Kier alpha value is -4.51. The summed E-state index contributed by atoms with van der Waals surface area (Å²) < 4.78 is 27.4. The highest BCUT2D eigenvalue weighted by atomic mass is 32.2. The third-order valence-corrected chi connectivity index (χ3v) is 6.69. The number of imide groups is 1. The molecule has 11 heteroatoms. The van der Waals surface area contributed by atoms with E-state index in [2.05, 4.69) is 0 Å². The molecule has 188 valence electrons. The van der Waals surface area contributed by atoms with Gasteiger partial charge >= 0.3 is 0 Å². The first kappa shape index (κ1) is 24.2. The van der Waals surface area contributed by atoms with Crippen molar-refractivity contribution in [2.75, 3.05) is 27.9 Å². The summed E-state index contributed by atoms with van der Waals surface area (Å²) in [6.45, 7) is -0.433. The summed E-state index contributed by atoms with van der Waals surface area (Å²) in [5.41, 5.74) is 0.272. The van der Waals surface area contributed by atoms with Crippen LogP contribution in [0.5, 0.6) is 17.2 Å². The third-order valence-electron chi connectivity index (χ3n) is 5.79. The summed E-state index contributed by atoms with van der Waals surface area (Å²) in [5.74, 6) is -0.0627. The molecule has 3 heterocycles. The molecule has 0 unspecified atom stereocenters. The van der Waals surface area contributed by atoms with E-state index in [9.17, 15) is 19.2 Å². The average Bonchev–Trinajstić information content (AvgIpc) is 3.48. The monoisotopic (exact) mass is 521 g/mol. The number of furan rings is 1. The molecule has 2 aromatic carbocycles. The van der Waals surface area contributed by atoms with Crippen LogP contribution in [0.15, 0.2) is 61.2 Å². The Morgan fingerprint density at radius 3 is 2.38 bits per heavy atom. The quantitative estimate of drug-likeness (QED) is 0.254. The molecule has 0 bridgehead atoms. The van der Waals surface area contributed by atoms with E-state index >= 15 is 0 Å². The highest BCUT2D eigenvalue weighted by molar-refractivity contribution is 8.18. The highest BCUT2D eigenvalue weighted by Crippen LogP contribution is 2.42. The number of fused-ring (bicyclic) bond motifs is 2. The lowest BCUT2D eigenvalue weighted by Gasteiger charge is -2.12. The molecule has 1 aliphatic rings. The minimum absolute atomic E-state index is 0.0000365. The Morgan fingerprint density at radius 1 is 0.973 bits per heavy atom. The average molecular weight is 522 g/mol. The van der Waals surface area contributed by atoms with Crippen LogP contribution in [0.2, 0.25) is 0 Å². The van der Waals surface area contributed by atoms with Crippen molar-refractivity contribution in [3.8, 4) is 17.2 Å². The van der Waals surface area contributed by atoms with Crippen LogP contribution in [0.25, 0.3) is 28.0 Å². The highest BCUT2D eigenvalue weighted by Gasteiger charge is 2.36. The zero-order chi connectivity index (χ0) is 26.3. The summed E-state index contributed by atoms with van der Waals surface area (Å²) in [4.78, 5) is 52.1. The van der Waals surface area contributed by atoms with E-state index in [0.717, 1.165) is 4.90 Å². The number of nitrogens with zero attached hydrogens (tertiary/aromatic N) is 1. The molecular formula is C26H19NO9S. The van der Waals surface area contributed by atoms with Crippen molar-refractivity contribution >= 4 is 56.7 Å². The SMILES string of the molecule is COc1ccc(C(=O)CN2C(=O)S/C(=C/c3cc(=O)c4c(OC)c5ccoc5c(OC)c4o3)C2=O)cc1. The summed E-state index contributed by atoms with van der Waals surface area (Å²) >= 11 is 0.642. The number of carbonyl (C=O) groups is 3. The van der Waals surface area contributed by atoms with Gasteiger partial charge in [-0.2, -0.15) is 0 Å². The molecule has 37 heavy (non-hydrogen) atoms. The van der Waals surface area contributed by atoms with Crippen LogP contribution in [0.4, 0.5) is 4.79 Å². The standard InChI is InChI=1S/C26H19NO9S/c1-32-14-6-4-13(5-7-14)18(29)12-27-25(30)19(37-26(27)31)11-15-10-17(28)20-21(33-2)16-8-9-35-22(16)24(34-3)23(20)36-15/h4-11H,12H2,1-3H3/b19-11+. The number of hydrogen-bond donors (Lipinski definition) is 0. The van der Waals surface area contributed by atoms with E-state index in [1.807, 2.05) is 0 Å². The van der Waals surface area contributed by atoms with Gasteiger partial charge in [0.25, 0.3) is 11.1 Å². The van der Waals surface area contributed by atoms with Crippen LogP contribution >= 0.6 is 11.8 Å². The largest absolute Gasteiger partial charge is 0.497 e. The smallest absolute Gasteiger partial charge is 0.293 e. The van der Waals surface area contributed by atoms with Crippen molar-refractivity contribution in [2.45, 2.75) is 0 Å². The van der Waals surface area contributed by atoms with E-state index in [1.54, 1.807) is 30.3 Å². The molecule has 0 spiro atoms. The van der Waals surface area contributed by atoms with Crippen molar-refractivity contribution < 1.29 is 37.4 Å². The fourth-order valence-electron chi connectivity index (χ4n) is 4.03. The Bertz CT molecular complexity index is 1660. The summed E-state index contributed by atoms with van der Waals surface area (Å²) in [6.07, 6.45) is 2.71. The van der Waals surface area contributed by atoms with Crippen molar-refractivity contribution in [3.63, 3.8) is 0 Å². The third kappa shape index (κ3) is 4.12. The first-order chi connectivity index (χ1) is 17.9. The second-order valence-corrected chi connectivity index (χ2v) is 8.86. The molecular weight excluding hydrogens is 502 g/mol. The second-order valence-electron chi connectivity index (χ2n) is 7.87. The molecule has 1 fully saturated rings. The maximum Gasteiger partial charge on any atom is 0.293 e. The molecule has 1 aliphatic heterocycles. The Kier molecular flexibility index (Phi) is 6.22. The number of thioether (sulfide) groups is 1. The topological polar surface area (TPSA) is 125 Å². The van der Waals surface area contributed by atoms with Gasteiger partial charge in [-0.15, -0.1) is 0 Å². The molecule has 5 rings (SSSR count). The van der Waals surface area contributed by atoms with Crippen molar-refractivity contribution in [1.82, 2.24) is 4.90 Å². The Balaban J connectivity index is 1.49. The summed E-state index contributed by atoms with van der Waals surface area (Å²) in [6, 6.07) is 9.17. The zero-order valence-corrected chi connectivity index (χ0v) is 20.7. The van der Waals surface area contributed by atoms with Crippen LogP contribution < -0.4 is 19.6 Å². The molecule has 0 radical (unpaired) electrons. The van der Waals surface area contributed by atoms with Gasteiger partial charge in [0.15, 0.2) is 22.4 Å². The van der Waals surface area contributed by atoms with E-state index in [-0.39, 0.29) is 33.1 Å². The van der Waals surface area contributed by atoms with Gasteiger partial charge < -0.3 is 23.0 Å². The van der Waals surface area contributed by atoms with Gasteiger partial charge in [0.05, 0.1) is 44.4 Å². The number of Topliss-reactive ketones (excluding diaryl/α,β-unsaturated/α-hetero) is 1. The molecule has 2 aromatic heterocycles. The van der Waals surface area contributed by atoms with Crippen molar-refractivity contribution in [2.24, 2.45) is 0 Å². The number of ether oxygens (including phenoxy) is 3. The van der Waals surface area contributed by atoms with Crippen LogP contribution in [-0.2, 0) is 4.79 Å². The van der Waals surface area contributed by atoms with Gasteiger partial charge in [0.2, 0.25) is 5.75 Å². The van der Waals surface area contributed by atoms with Gasteiger partial charge in [0, 0.05) is 17.7 Å². The predicted octanol–water partition coefficient (Wildman–Crippen LogP) is 4.48. The maximum absolute atomic E-state index is 13.1. The number of amides is 2. The number of carbonyl (C=O) groups excluding carboxylic acids is 3. The normalized spacial score (nSPS) is 14.7. The van der Waals surface area contributed by atoms with Gasteiger partial charge in [-0.3, -0.25) is 24.1 Å². The van der Waals surface area contributed by atoms with Gasteiger partial charge in [-0.05, 0) is 42.1 Å². The fraction of sp³-hybridized carbons (Fsp3) is 0.154. The zero-order valence-electron chi connectivity index (χ0n) is 19.9. The van der Waals surface area contributed by atoms with Crippen LogP contribution in [0.3, 0.4) is 0 Å². The molecule has 10 nitrogen and oxygen atoms in total. The molecule has 4 aromatic rings. The molecule has 0 saturated carbocycles. The number of methoxy groups -OCH3 is 3. The number of benzene rings is 2. The lowest BCUT2D eigenvalue weighted by Crippen LogP contribution is -2.33. The molecule has 0 N–H and O–H groups in total. The maximum atomic E-state index is 13.1. The first-order valence-electron chi connectivity index (χ1n) is 10.9. The van der Waals surface area contributed by atoms with Crippen molar-refractivity contribution in [3.05, 3.63) is 69.1 Å². The predicted molar refractivity (Wildman–Crippen MR) is 135 cm³/mol. The van der Waals surface area contributed by atoms with Crippen LogP contribution in [-0.4, -0.2) is 49.7 Å². The summed E-state index contributed by atoms with van der Waals surface area (Å²) in [5, 5.41) is 0.0657. The van der Waals surface area contributed by atoms with E-state index in [0.29, 0.717) is 34.0 Å². The van der Waals surface area contributed by atoms with E-state index < -0.39 is 28.9 Å². The lowest BCUT2D eigenvalue weighted by molar-refractivity contribution is -0.122. The molecule has 1 saturated heterocycles.